The van der Waals surface area contributed by atoms with Gasteiger partial charge >= 0.3 is 0 Å². The van der Waals surface area contributed by atoms with Crippen LogP contribution in [0, 0.1) is 17.8 Å². The van der Waals surface area contributed by atoms with Gasteiger partial charge in [0.2, 0.25) is 11.7 Å². The third-order valence-corrected chi connectivity index (χ3v) is 4.61. The Hall–Kier alpha value is -1.43. The van der Waals surface area contributed by atoms with Gasteiger partial charge in [-0.2, -0.15) is 8.78 Å². The molecule has 0 unspecified atom stereocenters. The molecule has 4 atom stereocenters. The molecule has 4 rings (SSSR count). The molecular formula is C13H8F4O2. The molecule has 2 bridgehead atoms. The number of carbonyl (C=O) groups is 1. The molecule has 1 heterocycles. The standard InChI is InChI=1S/C13H8F4O2/c14-7-9(18)8(15)12(17)13(11(7)16)6-4-1-2-5(3-4)10(6)19-13/h1-2,4-6,10H,3H2/t4-,5+,6+,10-/m0/s1. The van der Waals surface area contributed by atoms with Gasteiger partial charge in [-0.1, -0.05) is 12.2 Å². The average Bonchev–Trinajstić information content (AvgIpc) is 2.91. The maximum Gasteiger partial charge on any atom is 0.255 e. The van der Waals surface area contributed by atoms with Crippen LogP contribution in [0.25, 0.3) is 0 Å². The number of ketones is 1. The number of hydrogen-bond acceptors (Lipinski definition) is 2. The zero-order valence-electron chi connectivity index (χ0n) is 9.50. The second kappa shape index (κ2) is 3.17. The fraction of sp³-hybridized carbons (Fsp3) is 0.462. The lowest BCUT2D eigenvalue weighted by atomic mass is 9.68. The largest absolute Gasteiger partial charge is 0.356 e. The lowest BCUT2D eigenvalue weighted by Gasteiger charge is -2.54. The van der Waals surface area contributed by atoms with E-state index in [0.717, 1.165) is 0 Å². The maximum absolute atomic E-state index is 14.0. The van der Waals surface area contributed by atoms with E-state index in [-0.39, 0.29) is 11.8 Å². The van der Waals surface area contributed by atoms with Crippen molar-refractivity contribution in [3.05, 3.63) is 35.5 Å². The van der Waals surface area contributed by atoms with Crippen molar-refractivity contribution in [3.63, 3.8) is 0 Å². The fourth-order valence-corrected chi connectivity index (χ4v) is 3.81. The lowest BCUT2D eigenvalue weighted by molar-refractivity contribution is -0.241. The van der Waals surface area contributed by atoms with Gasteiger partial charge in [-0.3, -0.25) is 4.79 Å². The maximum atomic E-state index is 14.0. The van der Waals surface area contributed by atoms with Crippen molar-refractivity contribution >= 4 is 5.78 Å². The van der Waals surface area contributed by atoms with Crippen molar-refractivity contribution in [3.8, 4) is 0 Å². The SMILES string of the molecule is O=C1C(F)=C(F)C2(O[C@@H]3[C@H]2[C@H]2C=C[C@@H]3C2)C(F)=C1F. The van der Waals surface area contributed by atoms with Gasteiger partial charge in [0.15, 0.2) is 17.3 Å². The summed E-state index contributed by atoms with van der Waals surface area (Å²) in [7, 11) is 0. The molecule has 19 heavy (non-hydrogen) atoms. The number of ether oxygens (including phenoxy) is 1. The van der Waals surface area contributed by atoms with Crippen molar-refractivity contribution < 1.29 is 27.1 Å². The van der Waals surface area contributed by atoms with E-state index >= 15 is 0 Å². The molecule has 1 saturated heterocycles. The van der Waals surface area contributed by atoms with Crippen molar-refractivity contribution in [2.45, 2.75) is 18.1 Å². The fourth-order valence-electron chi connectivity index (χ4n) is 3.81. The van der Waals surface area contributed by atoms with Crippen LogP contribution in [-0.2, 0) is 9.53 Å². The lowest BCUT2D eigenvalue weighted by Crippen LogP contribution is -2.63. The summed E-state index contributed by atoms with van der Waals surface area (Å²) in [6.45, 7) is 0. The molecule has 0 aromatic rings. The average molecular weight is 272 g/mol. The topological polar surface area (TPSA) is 26.3 Å². The van der Waals surface area contributed by atoms with Crippen LogP contribution >= 0.6 is 0 Å². The van der Waals surface area contributed by atoms with E-state index < -0.39 is 46.7 Å². The number of fused-ring (bicyclic) bond motifs is 6. The van der Waals surface area contributed by atoms with E-state index in [4.69, 9.17) is 4.74 Å². The quantitative estimate of drug-likeness (QED) is 0.500. The van der Waals surface area contributed by atoms with Crippen molar-refractivity contribution in [2.75, 3.05) is 0 Å². The van der Waals surface area contributed by atoms with Gasteiger partial charge in [0, 0.05) is 11.8 Å². The molecule has 6 heteroatoms. The highest BCUT2D eigenvalue weighted by atomic mass is 19.2. The van der Waals surface area contributed by atoms with E-state index in [1.54, 1.807) is 6.08 Å². The van der Waals surface area contributed by atoms with Crippen LogP contribution in [0.1, 0.15) is 6.42 Å². The monoisotopic (exact) mass is 272 g/mol. The molecule has 4 aliphatic rings. The normalized spacial score (nSPS) is 42.2. The van der Waals surface area contributed by atoms with Crippen molar-refractivity contribution in [2.24, 2.45) is 17.8 Å². The van der Waals surface area contributed by atoms with E-state index in [1.807, 2.05) is 6.08 Å². The van der Waals surface area contributed by atoms with Crippen molar-refractivity contribution in [1.82, 2.24) is 0 Å². The summed E-state index contributed by atoms with van der Waals surface area (Å²) in [5.41, 5.74) is -2.35. The van der Waals surface area contributed by atoms with Crippen LogP contribution in [-0.4, -0.2) is 17.5 Å². The molecule has 0 aromatic carbocycles. The van der Waals surface area contributed by atoms with Gasteiger partial charge in [-0.05, 0) is 12.3 Å². The van der Waals surface area contributed by atoms with Crippen LogP contribution in [0.3, 0.4) is 0 Å². The van der Waals surface area contributed by atoms with Gasteiger partial charge in [0.25, 0.3) is 5.78 Å². The van der Waals surface area contributed by atoms with Crippen LogP contribution in [0.5, 0.6) is 0 Å². The van der Waals surface area contributed by atoms with Gasteiger partial charge in [0.1, 0.15) is 0 Å². The molecule has 1 aliphatic heterocycles. The Bertz CT molecular complexity index is 576. The van der Waals surface area contributed by atoms with Crippen molar-refractivity contribution in [1.29, 1.82) is 0 Å². The molecule has 1 saturated carbocycles. The molecule has 2 nitrogen and oxygen atoms in total. The van der Waals surface area contributed by atoms with E-state index in [0.29, 0.717) is 6.42 Å². The second-order valence-electron chi connectivity index (χ2n) is 5.38. The van der Waals surface area contributed by atoms with Gasteiger partial charge in [-0.15, -0.1) is 0 Å². The molecule has 3 aliphatic carbocycles. The Labute approximate surface area is 105 Å². The number of Topliss-reactive ketones (excluding diaryl/α,β-unsaturated/α-hetero) is 1. The summed E-state index contributed by atoms with van der Waals surface area (Å²) < 4.78 is 60.1. The summed E-state index contributed by atoms with van der Waals surface area (Å²) in [5.74, 6) is -9.72. The highest BCUT2D eigenvalue weighted by Crippen LogP contribution is 2.65. The van der Waals surface area contributed by atoms with Gasteiger partial charge in [-0.25, -0.2) is 8.78 Å². The first-order valence-electron chi connectivity index (χ1n) is 6.01. The summed E-state index contributed by atoms with van der Waals surface area (Å²) in [6.07, 6.45) is 3.92. The molecule has 2 fully saturated rings. The number of hydrogen-bond donors (Lipinski definition) is 0. The molecule has 0 radical (unpaired) electrons. The van der Waals surface area contributed by atoms with Crippen LogP contribution in [0.2, 0.25) is 0 Å². The number of allylic oxidation sites excluding steroid dienone is 3. The van der Waals surface area contributed by atoms with E-state index in [9.17, 15) is 22.4 Å². The summed E-state index contributed by atoms with van der Waals surface area (Å²) >= 11 is 0. The zero-order chi connectivity index (χ0) is 13.5. The molecule has 100 valence electrons. The molecular weight excluding hydrogens is 264 g/mol. The first kappa shape index (κ1) is 11.4. The minimum absolute atomic E-state index is 0.0324. The van der Waals surface area contributed by atoms with E-state index in [1.165, 1.54) is 0 Å². The highest BCUT2D eigenvalue weighted by molar-refractivity contribution is 6.07. The Morgan fingerprint density at radius 3 is 2.21 bits per heavy atom. The van der Waals surface area contributed by atoms with Gasteiger partial charge < -0.3 is 4.74 Å². The summed E-state index contributed by atoms with van der Waals surface area (Å²) in [4.78, 5) is 11.0. The van der Waals surface area contributed by atoms with E-state index in [2.05, 4.69) is 0 Å². The highest BCUT2D eigenvalue weighted by Gasteiger charge is 2.72. The predicted molar refractivity (Wildman–Crippen MR) is 55.3 cm³/mol. The summed E-state index contributed by atoms with van der Waals surface area (Å²) in [5, 5.41) is 0. The minimum Gasteiger partial charge on any atom is -0.356 e. The Balaban J connectivity index is 1.88. The molecule has 0 amide bonds. The van der Waals surface area contributed by atoms with Crippen LogP contribution in [0.15, 0.2) is 35.5 Å². The minimum atomic E-state index is -2.35. The zero-order valence-corrected chi connectivity index (χ0v) is 9.50. The number of rotatable bonds is 0. The second-order valence-corrected chi connectivity index (χ2v) is 5.38. The smallest absolute Gasteiger partial charge is 0.255 e. The first-order chi connectivity index (χ1) is 8.98. The third kappa shape index (κ3) is 1.03. The predicted octanol–water partition coefficient (Wildman–Crippen LogP) is 2.83. The van der Waals surface area contributed by atoms with Crippen LogP contribution in [0.4, 0.5) is 17.6 Å². The number of halogens is 4. The Morgan fingerprint density at radius 1 is 1.05 bits per heavy atom. The molecule has 0 aromatic heterocycles. The number of carbonyl (C=O) groups excluding carboxylic acids is 1. The molecule has 1 spiro atoms. The van der Waals surface area contributed by atoms with Gasteiger partial charge in [0.05, 0.1) is 6.10 Å². The third-order valence-electron chi connectivity index (χ3n) is 4.61. The summed E-state index contributed by atoms with van der Waals surface area (Å²) in [6, 6.07) is 0. The Kier molecular flexibility index (Phi) is 1.91. The first-order valence-corrected chi connectivity index (χ1v) is 6.01. The molecule has 0 N–H and O–H groups in total. The Morgan fingerprint density at radius 2 is 1.63 bits per heavy atom. The van der Waals surface area contributed by atoms with Crippen LogP contribution < -0.4 is 0 Å².